The van der Waals surface area contributed by atoms with Gasteiger partial charge in [-0.05, 0) is 123 Å². The molecule has 3 atom stereocenters. The molecule has 0 heterocycles. The van der Waals surface area contributed by atoms with E-state index in [1.54, 1.807) is 0 Å². The van der Waals surface area contributed by atoms with Crippen molar-refractivity contribution < 1.29 is 181 Å². The van der Waals surface area contributed by atoms with Crippen LogP contribution in [-0.4, -0.2) is 162 Å². The molecule has 40 nitrogen and oxygen atoms in total. The second-order valence-corrected chi connectivity index (χ2v) is 48.1. The summed E-state index contributed by atoms with van der Waals surface area (Å²) in [6.07, 6.45) is 2.95. The molecule has 0 bridgehead atoms. The molecule has 0 saturated heterocycles. The number of carboxylic acid groups (broad SMARTS) is 10. The smallest absolute Gasteiger partial charge is 0.693 e. The van der Waals surface area contributed by atoms with Gasteiger partial charge in [-0.25, -0.2) is 47.9 Å². The van der Waals surface area contributed by atoms with Gasteiger partial charge in [-0.1, -0.05) is 254 Å². The van der Waals surface area contributed by atoms with E-state index in [4.69, 9.17) is 145 Å². The van der Waals surface area contributed by atoms with E-state index >= 15 is 0 Å². The first-order valence-electron chi connectivity index (χ1n) is 38.2. The van der Waals surface area contributed by atoms with Crippen LogP contribution in [0.25, 0.3) is 61.5 Å². The number of nitrogens with two attached hydrogens (primary N) is 10. The number of unbranched alkanes of at least 4 members (excludes halogenated alkanes) is 2. The molecular weight excluding hydrogens is 2880 g/mol. The molecule has 3 rings (SSSR count). The van der Waals surface area contributed by atoms with Crippen LogP contribution < -0.4 is 53.2 Å². The zero-order chi connectivity index (χ0) is 99.8. The number of rotatable bonds is 27. The van der Waals surface area contributed by atoms with Gasteiger partial charge in [0.1, 0.15) is 0 Å². The predicted molar refractivity (Wildman–Crippen MR) is 544 cm³/mol. The molecule has 0 aliphatic rings. The Bertz CT molecular complexity index is 2900. The van der Waals surface area contributed by atoms with Crippen molar-refractivity contribution in [3.8, 4) is 0 Å². The number of benzene rings is 3. The molecule has 3 aromatic carbocycles. The van der Waals surface area contributed by atoms with Crippen LogP contribution in [0.1, 0.15) is 265 Å². The summed E-state index contributed by atoms with van der Waals surface area (Å²) >= 11 is -2.36. The van der Waals surface area contributed by atoms with E-state index in [0.717, 1.165) is 68.1 Å². The van der Waals surface area contributed by atoms with Gasteiger partial charge in [0.05, 0.1) is 12.1 Å². The molecule has 10 amide bonds. The molecule has 0 radical (unpaired) electrons. The van der Waals surface area contributed by atoms with Crippen LogP contribution in [0.15, 0.2) is 91.0 Å². The summed E-state index contributed by atoms with van der Waals surface area (Å²) in [5.41, 5.74) is 2.52. The van der Waals surface area contributed by atoms with E-state index in [2.05, 4.69) is 122 Å². The second-order valence-electron chi connectivity index (χ2n) is 31.7. The zero-order valence-electron chi connectivity index (χ0n) is 80.9. The Balaban J connectivity index is -0.0000000511. The van der Waals surface area contributed by atoms with Crippen molar-refractivity contribution in [2.75, 3.05) is 39.3 Å². The van der Waals surface area contributed by atoms with Crippen LogP contribution in [0.2, 0.25) is 0 Å². The van der Waals surface area contributed by atoms with Gasteiger partial charge in [-0.3, -0.25) is 0 Å². The van der Waals surface area contributed by atoms with Crippen LogP contribution in [0, 0.1) is 33.5 Å². The van der Waals surface area contributed by atoms with Crippen LogP contribution >= 0.6 is 94.2 Å². The summed E-state index contributed by atoms with van der Waals surface area (Å²) in [5.74, 6) is 1.03. The molecule has 0 spiro atoms. The molecule has 40 N–H and O–H groups in total. The third-order valence-electron chi connectivity index (χ3n) is 13.8. The number of hydrogen-bond donors (Lipinski definition) is 20. The molecular formula is C79H164Cl10N20O20Pt5. The largest absolute Gasteiger partial charge is 0.693 e. The number of amides is 10. The van der Waals surface area contributed by atoms with Gasteiger partial charge < -0.3 is 166 Å². The SMILES string of the molecule is CC(C)(C)CC(C)(C)NC(=O)O.CC(C)(C)CC(C)(C)NC(=O)O.CC(C)(C)CNC(=O)O.CC(C)(C)CNC(=O)O.CC(NC(=O)O)c1ccccc1.CCCCC(CC)CNC(=O)O.CCCCC(CC)CNC(=O)O.CCCNC(=O)O.CCCNC(=O)O.O=C(O)NC(c1ccccc1)c1ccccc1.[Cl][Pt+2][Cl].[Cl][Pt+2][Cl].[Cl][Pt+2][Cl].[Cl][Pt+2][Cl].[Cl][Pt+2][Cl].[NH2-].[NH2-].[NH2-].[NH2-].[NH2-].[NH2-].[NH2-].[NH2-].[NH2-].[NH2-]. The molecule has 0 fully saturated rings. The number of halogens is 10. The summed E-state index contributed by atoms with van der Waals surface area (Å²) in [6.45, 7) is 49.5. The summed E-state index contributed by atoms with van der Waals surface area (Å²) in [6, 6.07) is 28.0. The van der Waals surface area contributed by atoms with E-state index in [0.29, 0.717) is 51.1 Å². The van der Waals surface area contributed by atoms with E-state index in [1.807, 2.05) is 181 Å². The summed E-state index contributed by atoms with van der Waals surface area (Å²) in [5, 5.41) is 107. The van der Waals surface area contributed by atoms with Crippen molar-refractivity contribution in [1.82, 2.24) is 53.2 Å². The van der Waals surface area contributed by atoms with Crippen LogP contribution in [0.5, 0.6) is 0 Å². The Morgan fingerprint density at radius 2 is 0.515 bits per heavy atom. The maximum absolute atomic E-state index is 10.8. The van der Waals surface area contributed by atoms with Crippen LogP contribution in [0.4, 0.5) is 47.9 Å². The Kier molecular flexibility index (Phi) is 171. The van der Waals surface area contributed by atoms with Crippen molar-refractivity contribution in [1.29, 1.82) is 0 Å². The maximum atomic E-state index is 10.8. The topological polar surface area (TPSA) is 828 Å². The Hall–Kier alpha value is -3.70. The Labute approximate surface area is 882 Å². The van der Waals surface area contributed by atoms with E-state index in [-0.39, 0.29) is 106 Å². The summed E-state index contributed by atoms with van der Waals surface area (Å²) in [4.78, 5) is 101. The molecule has 0 aliphatic heterocycles. The van der Waals surface area contributed by atoms with Crippen molar-refractivity contribution in [2.24, 2.45) is 33.5 Å². The van der Waals surface area contributed by atoms with Crippen molar-refractivity contribution in [3.63, 3.8) is 0 Å². The second kappa shape index (κ2) is 123. The molecule has 134 heavy (non-hydrogen) atoms. The van der Waals surface area contributed by atoms with Gasteiger partial charge in [-0.15, -0.1) is 0 Å². The summed E-state index contributed by atoms with van der Waals surface area (Å²) in [7, 11) is 48.8. The molecule has 55 heteroatoms. The molecule has 0 aromatic heterocycles. The first kappa shape index (κ1) is 186. The van der Waals surface area contributed by atoms with Gasteiger partial charge in [0.15, 0.2) is 0 Å². The third kappa shape index (κ3) is 191. The zero-order valence-corrected chi connectivity index (χ0v) is 99.8. The van der Waals surface area contributed by atoms with Gasteiger partial charge >= 0.3 is 238 Å². The minimum atomic E-state index is -1.03. The quantitative estimate of drug-likeness (QED) is 0.0337. The fourth-order valence-electron chi connectivity index (χ4n) is 9.60. The normalized spacial score (nSPS) is 10.0. The minimum Gasteiger partial charge on any atom is -0.693 e. The number of nitrogens with one attached hydrogen (secondary N) is 10. The average Bonchev–Trinajstić information content (AvgIpc) is 0.869. The summed E-state index contributed by atoms with van der Waals surface area (Å²) < 4.78 is 0. The average molecular weight is 3040 g/mol. The standard InChI is InChI=1S/C14H13NO2.C9H11NO2.4C9H19NO2.2C6H13NO2.2C4H9NO2.10ClH.10H2N.5Pt/c16-14(17)15-13(11-7-3-1-4-8-11)12-9-5-2-6-10-12;1-7(10-9(11)12)8-5-3-2-4-6-8;2*1-8(2,3)6-9(4,5)10-7(11)12;2*1-3-5-6-8(4-2)7-10-9(11)12;2*1-6(2,3)4-7-5(8)9;2*1-2-3-5-4(6)7;;;;;;;;;;;;;;;;;;;;;;;;;/h1-10,13,15H,(H,16,17);2-7,10H,1H3,(H,11,12);2*10H,6H2,1-5H3,(H,11,12);2*8,10H,3-7H2,1-2H3,(H,11,12);2*7H,4H2,1-3H3,(H,8,9);2*5H,2-3H2,1H3,(H,6,7);10*1H;10*1H2;;;;;/q;;;;;;;;;;;;;;;;;;;;10*-1;5*+4/p-10. The van der Waals surface area contributed by atoms with Crippen LogP contribution in [-0.2, 0) is 82.4 Å². The first-order valence-corrected chi connectivity index (χ1v) is 66.3. The molecule has 3 unspecified atom stereocenters. The fourth-order valence-corrected chi connectivity index (χ4v) is 9.60. The Morgan fingerprint density at radius 3 is 0.664 bits per heavy atom. The minimum absolute atomic E-state index is 0. The fraction of sp³-hybridized carbons (Fsp3) is 0.646. The number of hydrogen-bond acceptors (Lipinski definition) is 10. The van der Waals surface area contributed by atoms with Crippen molar-refractivity contribution in [2.45, 2.75) is 259 Å². The van der Waals surface area contributed by atoms with Crippen molar-refractivity contribution >= 4 is 155 Å². The van der Waals surface area contributed by atoms with Gasteiger partial charge in [0, 0.05) is 50.3 Å². The Morgan fingerprint density at radius 1 is 0.299 bits per heavy atom. The maximum Gasteiger partial charge on any atom is -0.693 e. The van der Waals surface area contributed by atoms with Crippen LogP contribution in [0.3, 0.4) is 0 Å². The van der Waals surface area contributed by atoms with Gasteiger partial charge in [-0.2, -0.15) is 0 Å². The molecule has 3 aromatic rings. The molecule has 0 saturated carbocycles. The first-order chi connectivity index (χ1) is 57.1. The van der Waals surface area contributed by atoms with E-state index in [9.17, 15) is 47.9 Å². The van der Waals surface area contributed by atoms with Gasteiger partial charge in [0.25, 0.3) is 0 Å². The predicted octanol–water partition coefficient (Wildman–Crippen LogP) is 32.9. The number of carbonyl (C=O) groups is 10. The van der Waals surface area contributed by atoms with Crippen molar-refractivity contribution in [3.05, 3.63) is 169 Å². The molecule has 0 aliphatic carbocycles. The van der Waals surface area contributed by atoms with E-state index < -0.39 is 143 Å². The van der Waals surface area contributed by atoms with E-state index in [1.165, 1.54) is 25.7 Å². The monoisotopic (exact) mass is 3040 g/mol. The third-order valence-corrected chi connectivity index (χ3v) is 13.8. The van der Waals surface area contributed by atoms with Gasteiger partial charge in [0.2, 0.25) is 0 Å². The molecule has 820 valence electrons.